The van der Waals surface area contributed by atoms with Gasteiger partial charge in [-0.2, -0.15) is 5.10 Å². The molecule has 2 heterocycles. The third-order valence-electron chi connectivity index (χ3n) is 5.17. The van der Waals surface area contributed by atoms with Crippen molar-refractivity contribution >= 4 is 22.8 Å². The average molecular weight is 365 g/mol. The zero-order valence-corrected chi connectivity index (χ0v) is 15.4. The SMILES string of the molecule is CCOC(=O)c1cccc(CC2(Nc3ncnc4[nH]ncc34)CCCC2)c1. The Morgan fingerprint density at radius 1 is 1.30 bits per heavy atom. The highest BCUT2D eigenvalue weighted by molar-refractivity contribution is 5.89. The van der Waals surface area contributed by atoms with Crippen molar-refractivity contribution in [1.29, 1.82) is 0 Å². The first kappa shape index (κ1) is 17.5. The highest BCUT2D eigenvalue weighted by Gasteiger charge is 2.35. The molecule has 7 nitrogen and oxygen atoms in total. The van der Waals surface area contributed by atoms with Gasteiger partial charge in [0.1, 0.15) is 12.1 Å². The van der Waals surface area contributed by atoms with Crippen LogP contribution in [0, 0.1) is 0 Å². The highest BCUT2D eigenvalue weighted by Crippen LogP contribution is 2.37. The van der Waals surface area contributed by atoms with Gasteiger partial charge in [-0.3, -0.25) is 5.10 Å². The molecular weight excluding hydrogens is 342 g/mol. The van der Waals surface area contributed by atoms with Crippen molar-refractivity contribution in [2.45, 2.75) is 44.6 Å². The number of carbonyl (C=O) groups excluding carboxylic acids is 1. The van der Waals surface area contributed by atoms with E-state index >= 15 is 0 Å². The minimum absolute atomic E-state index is 0.0914. The Kier molecular flexibility index (Phi) is 4.75. The number of H-pyrrole nitrogens is 1. The maximum Gasteiger partial charge on any atom is 0.338 e. The Bertz CT molecular complexity index is 946. The molecule has 2 aromatic heterocycles. The summed E-state index contributed by atoms with van der Waals surface area (Å²) in [4.78, 5) is 20.7. The fraction of sp³-hybridized carbons (Fsp3) is 0.400. The summed E-state index contributed by atoms with van der Waals surface area (Å²) in [5.41, 5.74) is 2.35. The molecule has 1 aromatic carbocycles. The van der Waals surface area contributed by atoms with Crippen LogP contribution in [0.2, 0.25) is 0 Å². The molecule has 0 unspecified atom stereocenters. The number of anilines is 1. The monoisotopic (exact) mass is 365 g/mol. The van der Waals surface area contributed by atoms with Gasteiger partial charge in [-0.25, -0.2) is 14.8 Å². The third kappa shape index (κ3) is 3.63. The Morgan fingerprint density at radius 3 is 2.96 bits per heavy atom. The molecule has 4 rings (SSSR count). The molecule has 1 saturated carbocycles. The fourth-order valence-corrected chi connectivity index (χ4v) is 3.93. The summed E-state index contributed by atoms with van der Waals surface area (Å²) < 4.78 is 5.13. The normalized spacial score (nSPS) is 15.7. The molecule has 27 heavy (non-hydrogen) atoms. The standard InChI is InChI=1S/C20H23N5O2/c1-2-27-19(26)15-7-5-6-14(10-15)11-20(8-3-4-9-20)24-17-16-12-23-25-18(16)22-13-21-17/h5-7,10,12-13H,2-4,8-9,11H2,1H3,(H2,21,22,23,24,25). The Hall–Kier alpha value is -2.96. The first-order valence-corrected chi connectivity index (χ1v) is 9.37. The number of hydrogen-bond donors (Lipinski definition) is 2. The number of rotatable bonds is 6. The van der Waals surface area contributed by atoms with E-state index in [4.69, 9.17) is 4.74 Å². The molecule has 3 aromatic rings. The molecule has 140 valence electrons. The number of benzene rings is 1. The number of fused-ring (bicyclic) bond motifs is 1. The molecule has 2 N–H and O–H groups in total. The van der Waals surface area contributed by atoms with E-state index in [0.29, 0.717) is 12.2 Å². The lowest BCUT2D eigenvalue weighted by Gasteiger charge is -2.31. The highest BCUT2D eigenvalue weighted by atomic mass is 16.5. The van der Waals surface area contributed by atoms with Crippen molar-refractivity contribution in [3.05, 3.63) is 47.9 Å². The van der Waals surface area contributed by atoms with Crippen LogP contribution in [0.4, 0.5) is 5.82 Å². The largest absolute Gasteiger partial charge is 0.462 e. The molecule has 7 heteroatoms. The smallest absolute Gasteiger partial charge is 0.338 e. The van der Waals surface area contributed by atoms with Gasteiger partial charge < -0.3 is 10.1 Å². The van der Waals surface area contributed by atoms with Crippen LogP contribution in [0.3, 0.4) is 0 Å². The zero-order valence-electron chi connectivity index (χ0n) is 15.4. The predicted octanol–water partition coefficient (Wildman–Crippen LogP) is 3.50. The van der Waals surface area contributed by atoms with Gasteiger partial charge in [0, 0.05) is 5.54 Å². The molecule has 0 spiro atoms. The molecular formula is C20H23N5O2. The molecule has 1 fully saturated rings. The summed E-state index contributed by atoms with van der Waals surface area (Å²) in [5, 5.41) is 11.5. The van der Waals surface area contributed by atoms with Crippen LogP contribution in [-0.4, -0.2) is 38.3 Å². The maximum absolute atomic E-state index is 12.1. The lowest BCUT2D eigenvalue weighted by atomic mass is 9.88. The molecule has 0 aliphatic heterocycles. The Balaban J connectivity index is 1.60. The molecule has 1 aliphatic carbocycles. The minimum Gasteiger partial charge on any atom is -0.462 e. The molecule has 1 aliphatic rings. The van der Waals surface area contributed by atoms with Gasteiger partial charge in [-0.1, -0.05) is 25.0 Å². The van der Waals surface area contributed by atoms with Crippen molar-refractivity contribution in [2.75, 3.05) is 11.9 Å². The molecule has 0 radical (unpaired) electrons. The summed E-state index contributed by atoms with van der Waals surface area (Å²) in [6, 6.07) is 7.73. The van der Waals surface area contributed by atoms with Crippen LogP contribution in [0.15, 0.2) is 36.8 Å². The van der Waals surface area contributed by atoms with Crippen LogP contribution in [0.5, 0.6) is 0 Å². The number of esters is 1. The molecule has 0 saturated heterocycles. The molecule has 0 amide bonds. The van der Waals surface area contributed by atoms with Crippen molar-refractivity contribution in [2.24, 2.45) is 0 Å². The van der Waals surface area contributed by atoms with E-state index in [-0.39, 0.29) is 11.5 Å². The lowest BCUT2D eigenvalue weighted by molar-refractivity contribution is 0.0526. The first-order chi connectivity index (χ1) is 13.2. The zero-order chi connectivity index (χ0) is 18.7. The van der Waals surface area contributed by atoms with Gasteiger partial charge in [0.05, 0.1) is 23.8 Å². The van der Waals surface area contributed by atoms with Crippen molar-refractivity contribution in [3.8, 4) is 0 Å². The van der Waals surface area contributed by atoms with E-state index in [1.807, 2.05) is 19.1 Å². The number of hydrogen-bond acceptors (Lipinski definition) is 6. The minimum atomic E-state index is -0.274. The van der Waals surface area contributed by atoms with Crippen LogP contribution >= 0.6 is 0 Å². The summed E-state index contributed by atoms with van der Waals surface area (Å²) in [7, 11) is 0. The van der Waals surface area contributed by atoms with E-state index in [9.17, 15) is 4.79 Å². The van der Waals surface area contributed by atoms with E-state index in [2.05, 4.69) is 31.5 Å². The lowest BCUT2D eigenvalue weighted by Crippen LogP contribution is -2.38. The molecule has 0 atom stereocenters. The second-order valence-corrected chi connectivity index (χ2v) is 7.06. The average Bonchev–Trinajstić information content (AvgIpc) is 3.32. The van der Waals surface area contributed by atoms with E-state index in [0.717, 1.165) is 41.7 Å². The van der Waals surface area contributed by atoms with Crippen molar-refractivity contribution in [3.63, 3.8) is 0 Å². The number of ether oxygens (including phenoxy) is 1. The summed E-state index contributed by atoms with van der Waals surface area (Å²) in [5.74, 6) is 0.529. The van der Waals surface area contributed by atoms with E-state index in [1.165, 1.54) is 12.8 Å². The number of aromatic amines is 1. The number of nitrogens with one attached hydrogen (secondary N) is 2. The van der Waals surface area contributed by atoms with Gasteiger partial charge in [0.25, 0.3) is 0 Å². The van der Waals surface area contributed by atoms with E-state index < -0.39 is 0 Å². The van der Waals surface area contributed by atoms with Gasteiger partial charge in [0.2, 0.25) is 0 Å². The van der Waals surface area contributed by atoms with E-state index in [1.54, 1.807) is 18.6 Å². The number of aromatic nitrogens is 4. The van der Waals surface area contributed by atoms with Crippen LogP contribution in [0.25, 0.3) is 11.0 Å². The maximum atomic E-state index is 12.1. The quantitative estimate of drug-likeness (QED) is 0.650. The van der Waals surface area contributed by atoms with Crippen LogP contribution in [-0.2, 0) is 11.2 Å². The summed E-state index contributed by atoms with van der Waals surface area (Å²) in [6.45, 7) is 2.19. The van der Waals surface area contributed by atoms with Gasteiger partial charge >= 0.3 is 5.97 Å². The van der Waals surface area contributed by atoms with Gasteiger partial charge in [0.15, 0.2) is 5.65 Å². The number of carbonyl (C=O) groups is 1. The van der Waals surface area contributed by atoms with Crippen LogP contribution in [0.1, 0.15) is 48.5 Å². The van der Waals surface area contributed by atoms with Gasteiger partial charge in [-0.15, -0.1) is 0 Å². The van der Waals surface area contributed by atoms with Crippen molar-refractivity contribution in [1.82, 2.24) is 20.2 Å². The Morgan fingerprint density at radius 2 is 2.15 bits per heavy atom. The predicted molar refractivity (Wildman–Crippen MR) is 103 cm³/mol. The Labute approximate surface area is 157 Å². The third-order valence-corrected chi connectivity index (χ3v) is 5.17. The fourth-order valence-electron chi connectivity index (χ4n) is 3.93. The molecule has 0 bridgehead atoms. The first-order valence-electron chi connectivity index (χ1n) is 9.37. The van der Waals surface area contributed by atoms with Gasteiger partial charge in [-0.05, 0) is 43.9 Å². The van der Waals surface area contributed by atoms with Crippen LogP contribution < -0.4 is 5.32 Å². The second kappa shape index (κ2) is 7.34. The topological polar surface area (TPSA) is 92.8 Å². The second-order valence-electron chi connectivity index (χ2n) is 7.06. The summed E-state index contributed by atoms with van der Waals surface area (Å²) in [6.07, 6.45) is 8.58. The summed E-state index contributed by atoms with van der Waals surface area (Å²) >= 11 is 0. The van der Waals surface area contributed by atoms with Crippen molar-refractivity contribution < 1.29 is 9.53 Å². The number of nitrogens with zero attached hydrogens (tertiary/aromatic N) is 3.